The first-order chi connectivity index (χ1) is 9.13. The molecule has 1 unspecified atom stereocenters. The molecule has 4 heteroatoms. The SMILES string of the molecule is CCNC(c1cncc(F)c1)c1cccc(Br)c1C. The summed E-state index contributed by atoms with van der Waals surface area (Å²) in [5.41, 5.74) is 3.12. The number of aromatic nitrogens is 1. The van der Waals surface area contributed by atoms with Gasteiger partial charge in [0.2, 0.25) is 0 Å². The number of nitrogens with one attached hydrogen (secondary N) is 1. The standard InChI is InChI=1S/C15H16BrFN2/c1-3-19-15(11-7-12(17)9-18-8-11)13-5-4-6-14(16)10(13)2/h4-9,15,19H,3H2,1-2H3. The number of hydrogen-bond donors (Lipinski definition) is 1. The maximum absolute atomic E-state index is 13.4. The van der Waals surface area contributed by atoms with Crippen molar-refractivity contribution in [2.45, 2.75) is 19.9 Å². The Morgan fingerprint density at radius 3 is 2.84 bits per heavy atom. The molecule has 100 valence electrons. The normalized spacial score (nSPS) is 12.4. The molecule has 2 aromatic rings. The van der Waals surface area contributed by atoms with Crippen LogP contribution in [0.5, 0.6) is 0 Å². The van der Waals surface area contributed by atoms with Crippen LogP contribution in [0.4, 0.5) is 4.39 Å². The molecule has 2 nitrogen and oxygen atoms in total. The molecule has 1 aromatic heterocycles. The van der Waals surface area contributed by atoms with E-state index >= 15 is 0 Å². The molecular weight excluding hydrogens is 307 g/mol. The molecule has 1 aromatic carbocycles. The molecule has 0 aliphatic carbocycles. The summed E-state index contributed by atoms with van der Waals surface area (Å²) < 4.78 is 14.4. The van der Waals surface area contributed by atoms with E-state index < -0.39 is 0 Å². The van der Waals surface area contributed by atoms with Crippen LogP contribution in [-0.2, 0) is 0 Å². The van der Waals surface area contributed by atoms with E-state index in [4.69, 9.17) is 0 Å². The minimum atomic E-state index is -0.312. The summed E-state index contributed by atoms with van der Waals surface area (Å²) in [7, 11) is 0. The van der Waals surface area contributed by atoms with Crippen molar-refractivity contribution in [3.63, 3.8) is 0 Å². The van der Waals surface area contributed by atoms with Gasteiger partial charge in [0.25, 0.3) is 0 Å². The molecule has 0 saturated heterocycles. The number of rotatable bonds is 4. The smallest absolute Gasteiger partial charge is 0.141 e. The zero-order valence-corrected chi connectivity index (χ0v) is 12.5. The highest BCUT2D eigenvalue weighted by Crippen LogP contribution is 2.28. The minimum absolute atomic E-state index is 0.0503. The molecule has 0 amide bonds. The lowest BCUT2D eigenvalue weighted by molar-refractivity contribution is 0.594. The van der Waals surface area contributed by atoms with Gasteiger partial charge in [0.15, 0.2) is 0 Å². The van der Waals surface area contributed by atoms with Crippen molar-refractivity contribution < 1.29 is 4.39 Å². The van der Waals surface area contributed by atoms with Gasteiger partial charge < -0.3 is 5.32 Å². The lowest BCUT2D eigenvalue weighted by Crippen LogP contribution is -2.23. The van der Waals surface area contributed by atoms with E-state index in [-0.39, 0.29) is 11.9 Å². The highest BCUT2D eigenvalue weighted by molar-refractivity contribution is 9.10. The number of hydrogen-bond acceptors (Lipinski definition) is 2. The van der Waals surface area contributed by atoms with E-state index in [9.17, 15) is 4.39 Å². The highest BCUT2D eigenvalue weighted by atomic mass is 79.9. The van der Waals surface area contributed by atoms with Crippen LogP contribution >= 0.6 is 15.9 Å². The second kappa shape index (κ2) is 6.26. The topological polar surface area (TPSA) is 24.9 Å². The summed E-state index contributed by atoms with van der Waals surface area (Å²) in [5, 5.41) is 3.38. The molecule has 0 spiro atoms. The predicted molar refractivity (Wildman–Crippen MR) is 78.6 cm³/mol. The zero-order valence-electron chi connectivity index (χ0n) is 11.0. The van der Waals surface area contributed by atoms with Crippen LogP contribution < -0.4 is 5.32 Å². The van der Waals surface area contributed by atoms with Gasteiger partial charge >= 0.3 is 0 Å². The maximum Gasteiger partial charge on any atom is 0.141 e. The van der Waals surface area contributed by atoms with Crippen molar-refractivity contribution >= 4 is 15.9 Å². The largest absolute Gasteiger partial charge is 0.306 e. The highest BCUT2D eigenvalue weighted by Gasteiger charge is 2.17. The molecular formula is C15H16BrFN2. The fourth-order valence-electron chi connectivity index (χ4n) is 2.13. The number of pyridine rings is 1. The third-order valence-corrected chi connectivity index (χ3v) is 3.95. The van der Waals surface area contributed by atoms with Gasteiger partial charge in [-0.05, 0) is 42.3 Å². The Labute approximate surface area is 121 Å². The quantitative estimate of drug-likeness (QED) is 0.920. The summed E-state index contributed by atoms with van der Waals surface area (Å²) in [5.74, 6) is -0.312. The van der Waals surface area contributed by atoms with Gasteiger partial charge in [-0.25, -0.2) is 4.39 Å². The predicted octanol–water partition coefficient (Wildman–Crippen LogP) is 3.99. The van der Waals surface area contributed by atoms with E-state index in [0.29, 0.717) is 0 Å². The van der Waals surface area contributed by atoms with Gasteiger partial charge in [0, 0.05) is 10.7 Å². The van der Waals surface area contributed by atoms with Crippen molar-refractivity contribution in [3.05, 3.63) is 63.6 Å². The molecule has 19 heavy (non-hydrogen) atoms. The van der Waals surface area contributed by atoms with Crippen molar-refractivity contribution in [3.8, 4) is 0 Å². The second-order valence-electron chi connectivity index (χ2n) is 4.38. The number of halogens is 2. The van der Waals surface area contributed by atoms with Crippen molar-refractivity contribution in [2.75, 3.05) is 6.54 Å². The Hall–Kier alpha value is -1.26. The third kappa shape index (κ3) is 3.19. The Bertz CT molecular complexity index is 572. The zero-order chi connectivity index (χ0) is 13.8. The molecule has 0 aliphatic heterocycles. The minimum Gasteiger partial charge on any atom is -0.306 e. The summed E-state index contributed by atoms with van der Waals surface area (Å²) >= 11 is 3.54. The van der Waals surface area contributed by atoms with Crippen LogP contribution in [0.15, 0.2) is 41.1 Å². The Kier molecular flexibility index (Phi) is 4.66. The van der Waals surface area contributed by atoms with Gasteiger partial charge in [0.05, 0.1) is 12.2 Å². The lowest BCUT2D eigenvalue weighted by Gasteiger charge is -2.21. The average molecular weight is 323 g/mol. The molecule has 0 saturated carbocycles. The molecule has 1 N–H and O–H groups in total. The van der Waals surface area contributed by atoms with Gasteiger partial charge in [-0.3, -0.25) is 4.98 Å². The van der Waals surface area contributed by atoms with E-state index in [1.54, 1.807) is 6.20 Å². The third-order valence-electron chi connectivity index (χ3n) is 3.09. The molecule has 0 fully saturated rings. The van der Waals surface area contributed by atoms with Gasteiger partial charge in [-0.15, -0.1) is 0 Å². The Balaban J connectivity index is 2.48. The molecule has 0 aliphatic rings. The maximum atomic E-state index is 13.4. The molecule has 1 atom stereocenters. The van der Waals surface area contributed by atoms with Crippen LogP contribution in [0.2, 0.25) is 0 Å². The first-order valence-corrected chi connectivity index (χ1v) is 7.01. The van der Waals surface area contributed by atoms with Crippen LogP contribution in [0.3, 0.4) is 0 Å². The van der Waals surface area contributed by atoms with E-state index in [1.165, 1.54) is 12.3 Å². The molecule has 0 radical (unpaired) electrons. The Morgan fingerprint density at radius 2 is 2.16 bits per heavy atom. The average Bonchev–Trinajstić information content (AvgIpc) is 2.40. The second-order valence-corrected chi connectivity index (χ2v) is 5.24. The number of benzene rings is 1. The molecule has 0 bridgehead atoms. The van der Waals surface area contributed by atoms with Gasteiger partial charge in [-0.2, -0.15) is 0 Å². The van der Waals surface area contributed by atoms with Crippen LogP contribution in [0.1, 0.15) is 29.7 Å². The van der Waals surface area contributed by atoms with Crippen molar-refractivity contribution in [1.82, 2.24) is 10.3 Å². The summed E-state index contributed by atoms with van der Waals surface area (Å²) in [6.07, 6.45) is 2.93. The first-order valence-electron chi connectivity index (χ1n) is 6.22. The van der Waals surface area contributed by atoms with Crippen LogP contribution in [0.25, 0.3) is 0 Å². The monoisotopic (exact) mass is 322 g/mol. The molecule has 2 rings (SSSR count). The fourth-order valence-corrected chi connectivity index (χ4v) is 2.52. The van der Waals surface area contributed by atoms with Gasteiger partial charge in [-0.1, -0.05) is 35.0 Å². The van der Waals surface area contributed by atoms with Crippen molar-refractivity contribution in [2.24, 2.45) is 0 Å². The Morgan fingerprint density at radius 1 is 1.37 bits per heavy atom. The molecule has 1 heterocycles. The first kappa shape index (κ1) is 14.2. The van der Waals surface area contributed by atoms with Crippen molar-refractivity contribution in [1.29, 1.82) is 0 Å². The summed E-state index contributed by atoms with van der Waals surface area (Å²) in [6, 6.07) is 7.53. The van der Waals surface area contributed by atoms with E-state index in [0.717, 1.165) is 27.7 Å². The van der Waals surface area contributed by atoms with E-state index in [1.807, 2.05) is 19.1 Å². The summed E-state index contributed by atoms with van der Waals surface area (Å²) in [4.78, 5) is 3.94. The lowest BCUT2D eigenvalue weighted by atomic mass is 9.96. The van der Waals surface area contributed by atoms with E-state index in [2.05, 4.69) is 39.2 Å². The fraction of sp³-hybridized carbons (Fsp3) is 0.267. The van der Waals surface area contributed by atoms with Crippen LogP contribution in [0, 0.1) is 12.7 Å². The van der Waals surface area contributed by atoms with Gasteiger partial charge in [0.1, 0.15) is 5.82 Å². The summed E-state index contributed by atoms with van der Waals surface area (Å²) in [6.45, 7) is 4.89. The van der Waals surface area contributed by atoms with Crippen LogP contribution in [-0.4, -0.2) is 11.5 Å². The number of nitrogens with zero attached hydrogens (tertiary/aromatic N) is 1.